The highest BCUT2D eigenvalue weighted by Gasteiger charge is 2.23. The van der Waals surface area contributed by atoms with E-state index in [9.17, 15) is 4.79 Å². The van der Waals surface area contributed by atoms with Crippen LogP contribution in [-0.4, -0.2) is 42.6 Å². The molecule has 0 bridgehead atoms. The maximum absolute atomic E-state index is 12.6. The van der Waals surface area contributed by atoms with Crippen LogP contribution in [0.25, 0.3) is 0 Å². The first-order valence-electron chi connectivity index (χ1n) is 9.70. The summed E-state index contributed by atoms with van der Waals surface area (Å²) < 4.78 is 10.5. The molecule has 2 heterocycles. The number of amides is 1. The first-order valence-corrected chi connectivity index (χ1v) is 9.70. The number of carbonyl (C=O) groups is 1. The molecule has 1 amide bonds. The van der Waals surface area contributed by atoms with Crippen LogP contribution in [0.5, 0.6) is 11.6 Å². The zero-order valence-corrected chi connectivity index (χ0v) is 16.2. The number of nitrogens with zero attached hydrogens (tertiary/aromatic N) is 2. The van der Waals surface area contributed by atoms with Gasteiger partial charge in [-0.15, -0.1) is 0 Å². The Labute approximate surface area is 161 Å². The molecule has 1 fully saturated rings. The SMILES string of the molecule is CCOc1ccc(CCC2CCN(C(=O)c3ccc(OC)nc3)CC2)cc1. The molecular weight excluding hydrogens is 340 g/mol. The number of carbonyl (C=O) groups excluding carboxylic acids is 1. The van der Waals surface area contributed by atoms with Gasteiger partial charge in [0.05, 0.1) is 19.3 Å². The van der Waals surface area contributed by atoms with Crippen LogP contribution >= 0.6 is 0 Å². The number of rotatable bonds is 7. The third-order valence-corrected chi connectivity index (χ3v) is 5.17. The molecule has 0 saturated carbocycles. The summed E-state index contributed by atoms with van der Waals surface area (Å²) in [5, 5.41) is 0. The Morgan fingerprint density at radius 1 is 1.15 bits per heavy atom. The minimum Gasteiger partial charge on any atom is -0.494 e. The van der Waals surface area contributed by atoms with Crippen molar-refractivity contribution in [3.8, 4) is 11.6 Å². The van der Waals surface area contributed by atoms with Crippen molar-refractivity contribution in [3.05, 3.63) is 53.7 Å². The van der Waals surface area contributed by atoms with Crippen molar-refractivity contribution in [1.82, 2.24) is 9.88 Å². The van der Waals surface area contributed by atoms with Gasteiger partial charge in [-0.05, 0) is 62.3 Å². The van der Waals surface area contributed by atoms with Crippen molar-refractivity contribution in [2.75, 3.05) is 26.8 Å². The topological polar surface area (TPSA) is 51.7 Å². The van der Waals surface area contributed by atoms with Gasteiger partial charge in [-0.2, -0.15) is 0 Å². The number of ether oxygens (including phenoxy) is 2. The molecule has 0 spiro atoms. The van der Waals surface area contributed by atoms with Crippen LogP contribution in [0.3, 0.4) is 0 Å². The second-order valence-electron chi connectivity index (χ2n) is 6.94. The number of aryl methyl sites for hydroxylation is 1. The van der Waals surface area contributed by atoms with Crippen molar-refractivity contribution in [3.63, 3.8) is 0 Å². The summed E-state index contributed by atoms with van der Waals surface area (Å²) in [5.41, 5.74) is 1.98. The third-order valence-electron chi connectivity index (χ3n) is 5.17. The molecule has 0 aliphatic carbocycles. The Balaban J connectivity index is 1.44. The van der Waals surface area contributed by atoms with E-state index in [1.807, 2.05) is 24.0 Å². The lowest BCUT2D eigenvalue weighted by Gasteiger charge is -2.32. The smallest absolute Gasteiger partial charge is 0.255 e. The molecule has 0 radical (unpaired) electrons. The van der Waals surface area contributed by atoms with E-state index >= 15 is 0 Å². The van der Waals surface area contributed by atoms with Crippen LogP contribution in [0.2, 0.25) is 0 Å². The van der Waals surface area contributed by atoms with Gasteiger partial charge in [0, 0.05) is 25.4 Å². The van der Waals surface area contributed by atoms with Gasteiger partial charge in [0.25, 0.3) is 5.91 Å². The van der Waals surface area contributed by atoms with Crippen molar-refractivity contribution >= 4 is 5.91 Å². The second-order valence-corrected chi connectivity index (χ2v) is 6.94. The summed E-state index contributed by atoms with van der Waals surface area (Å²) >= 11 is 0. The van der Waals surface area contributed by atoms with Crippen molar-refractivity contribution < 1.29 is 14.3 Å². The minimum atomic E-state index is 0.0649. The Kier molecular flexibility index (Phi) is 6.69. The molecular formula is C22H28N2O3. The van der Waals surface area contributed by atoms with Gasteiger partial charge < -0.3 is 14.4 Å². The Morgan fingerprint density at radius 2 is 1.89 bits per heavy atom. The van der Waals surface area contributed by atoms with Gasteiger partial charge in [0.15, 0.2) is 0 Å². The molecule has 2 aromatic rings. The van der Waals surface area contributed by atoms with E-state index in [2.05, 4.69) is 17.1 Å². The van der Waals surface area contributed by atoms with Crippen LogP contribution in [0.1, 0.15) is 42.1 Å². The van der Waals surface area contributed by atoms with E-state index in [0.717, 1.165) is 38.1 Å². The molecule has 1 aromatic carbocycles. The zero-order valence-electron chi connectivity index (χ0n) is 16.2. The molecule has 1 saturated heterocycles. The molecule has 5 nitrogen and oxygen atoms in total. The Morgan fingerprint density at radius 3 is 2.48 bits per heavy atom. The molecule has 0 N–H and O–H groups in total. The van der Waals surface area contributed by atoms with Crippen molar-refractivity contribution in [2.45, 2.75) is 32.6 Å². The Bertz CT molecular complexity index is 720. The number of aromatic nitrogens is 1. The van der Waals surface area contributed by atoms with Gasteiger partial charge in [0.1, 0.15) is 5.75 Å². The van der Waals surface area contributed by atoms with E-state index in [0.29, 0.717) is 24.0 Å². The first kappa shape index (κ1) is 19.2. The third kappa shape index (κ3) is 5.22. The molecule has 27 heavy (non-hydrogen) atoms. The maximum Gasteiger partial charge on any atom is 0.255 e. The van der Waals surface area contributed by atoms with Gasteiger partial charge >= 0.3 is 0 Å². The van der Waals surface area contributed by atoms with E-state index in [4.69, 9.17) is 9.47 Å². The molecule has 0 unspecified atom stereocenters. The average molecular weight is 368 g/mol. The summed E-state index contributed by atoms with van der Waals surface area (Å²) in [6, 6.07) is 11.9. The maximum atomic E-state index is 12.6. The van der Waals surface area contributed by atoms with E-state index in [-0.39, 0.29) is 5.91 Å². The average Bonchev–Trinajstić information content (AvgIpc) is 2.73. The number of methoxy groups -OCH3 is 1. The number of piperidine rings is 1. The lowest BCUT2D eigenvalue weighted by Crippen LogP contribution is -2.38. The molecule has 1 aliphatic rings. The summed E-state index contributed by atoms with van der Waals surface area (Å²) in [5.74, 6) is 2.20. The van der Waals surface area contributed by atoms with Gasteiger partial charge in [-0.25, -0.2) is 4.98 Å². The number of hydrogen-bond donors (Lipinski definition) is 0. The lowest BCUT2D eigenvalue weighted by atomic mass is 9.90. The minimum absolute atomic E-state index is 0.0649. The van der Waals surface area contributed by atoms with Gasteiger partial charge in [-0.1, -0.05) is 12.1 Å². The number of likely N-dealkylation sites (tertiary alicyclic amines) is 1. The zero-order chi connectivity index (χ0) is 19.1. The lowest BCUT2D eigenvalue weighted by molar-refractivity contribution is 0.0686. The highest BCUT2D eigenvalue weighted by atomic mass is 16.5. The molecule has 1 aromatic heterocycles. The van der Waals surface area contributed by atoms with E-state index < -0.39 is 0 Å². The molecule has 0 atom stereocenters. The fraction of sp³-hybridized carbons (Fsp3) is 0.455. The normalized spacial score (nSPS) is 14.8. The molecule has 1 aliphatic heterocycles. The van der Waals surface area contributed by atoms with Crippen molar-refractivity contribution in [2.24, 2.45) is 5.92 Å². The molecule has 5 heteroatoms. The highest BCUT2D eigenvalue weighted by Crippen LogP contribution is 2.24. The van der Waals surface area contributed by atoms with E-state index in [1.165, 1.54) is 12.0 Å². The number of hydrogen-bond acceptors (Lipinski definition) is 4. The largest absolute Gasteiger partial charge is 0.494 e. The second kappa shape index (κ2) is 9.40. The monoisotopic (exact) mass is 368 g/mol. The van der Waals surface area contributed by atoms with Gasteiger partial charge in [0.2, 0.25) is 5.88 Å². The number of benzene rings is 1. The fourth-order valence-corrected chi connectivity index (χ4v) is 3.52. The van der Waals surface area contributed by atoms with E-state index in [1.54, 1.807) is 25.4 Å². The Hall–Kier alpha value is -2.56. The van der Waals surface area contributed by atoms with Crippen LogP contribution < -0.4 is 9.47 Å². The summed E-state index contributed by atoms with van der Waals surface area (Å²) in [4.78, 5) is 18.7. The molecule has 3 rings (SSSR count). The summed E-state index contributed by atoms with van der Waals surface area (Å²) in [7, 11) is 1.57. The van der Waals surface area contributed by atoms with Crippen molar-refractivity contribution in [1.29, 1.82) is 0 Å². The van der Waals surface area contributed by atoms with Crippen LogP contribution in [0.4, 0.5) is 0 Å². The highest BCUT2D eigenvalue weighted by molar-refractivity contribution is 5.94. The van der Waals surface area contributed by atoms with Crippen LogP contribution in [-0.2, 0) is 6.42 Å². The number of pyridine rings is 1. The standard InChI is InChI=1S/C22H28N2O3/c1-3-27-20-9-6-17(7-10-20)4-5-18-12-14-24(15-13-18)22(25)19-8-11-21(26-2)23-16-19/h6-11,16,18H,3-5,12-15H2,1-2H3. The predicted octanol–water partition coefficient (Wildman–Crippen LogP) is 3.97. The fourth-order valence-electron chi connectivity index (χ4n) is 3.52. The van der Waals surface area contributed by atoms with Crippen LogP contribution in [0, 0.1) is 5.92 Å². The molecule has 144 valence electrons. The summed E-state index contributed by atoms with van der Waals surface area (Å²) in [6.07, 6.45) is 5.96. The summed E-state index contributed by atoms with van der Waals surface area (Å²) in [6.45, 7) is 4.33. The first-order chi connectivity index (χ1) is 13.2. The van der Waals surface area contributed by atoms with Crippen LogP contribution in [0.15, 0.2) is 42.6 Å². The quantitative estimate of drug-likeness (QED) is 0.742. The predicted molar refractivity (Wildman–Crippen MR) is 105 cm³/mol. The van der Waals surface area contributed by atoms with Gasteiger partial charge in [-0.3, -0.25) is 4.79 Å².